The number of aliphatic hydroxyl groups is 1. The smallest absolute Gasteiger partial charge is 0.256 e. The SMILES string of the molecule is CNc1cc(Nc2cccc3c2OCCO3)nc2c(C(=O)NC3CC(O)C3)cnn12. The maximum Gasteiger partial charge on any atom is 0.256 e. The first-order valence-electron chi connectivity index (χ1n) is 9.83. The molecule has 1 fully saturated rings. The predicted molar refractivity (Wildman–Crippen MR) is 110 cm³/mol. The summed E-state index contributed by atoms with van der Waals surface area (Å²) < 4.78 is 13.0. The predicted octanol–water partition coefficient (Wildman–Crippen LogP) is 1.54. The Labute approximate surface area is 172 Å². The Bertz CT molecular complexity index is 1110. The second-order valence-corrected chi connectivity index (χ2v) is 7.32. The largest absolute Gasteiger partial charge is 0.486 e. The second kappa shape index (κ2) is 7.38. The van der Waals surface area contributed by atoms with E-state index < -0.39 is 0 Å². The van der Waals surface area contributed by atoms with E-state index in [0.717, 1.165) is 5.69 Å². The molecular formula is C20H22N6O4. The van der Waals surface area contributed by atoms with Crippen molar-refractivity contribution in [3.8, 4) is 11.5 Å². The number of nitrogens with one attached hydrogen (secondary N) is 3. The standard InChI is InChI=1S/C20H22N6O4/c1-21-17-9-16(24-14-3-2-4-15-18(14)30-6-5-29-15)25-19-13(10-22-26(17)19)20(28)23-11-7-12(27)8-11/h2-4,9-12,21,27H,5-8H2,1H3,(H,23,28)(H,24,25). The van der Waals surface area contributed by atoms with Crippen molar-refractivity contribution in [3.63, 3.8) is 0 Å². The Morgan fingerprint density at radius 3 is 2.90 bits per heavy atom. The molecule has 3 heterocycles. The van der Waals surface area contributed by atoms with E-state index in [1.165, 1.54) is 6.20 Å². The molecule has 0 atom stereocenters. The van der Waals surface area contributed by atoms with Gasteiger partial charge in [-0.25, -0.2) is 4.98 Å². The number of nitrogens with zero attached hydrogens (tertiary/aromatic N) is 3. The van der Waals surface area contributed by atoms with Crippen molar-refractivity contribution in [2.45, 2.75) is 25.0 Å². The minimum absolute atomic E-state index is 0.0273. The molecule has 0 unspecified atom stereocenters. The zero-order valence-electron chi connectivity index (χ0n) is 16.4. The van der Waals surface area contributed by atoms with Gasteiger partial charge in [-0.3, -0.25) is 4.79 Å². The van der Waals surface area contributed by atoms with Crippen LogP contribution in [0.15, 0.2) is 30.5 Å². The fourth-order valence-electron chi connectivity index (χ4n) is 3.64. The van der Waals surface area contributed by atoms with Crippen molar-refractivity contribution in [2.75, 3.05) is 30.9 Å². The molecule has 2 aliphatic rings. The van der Waals surface area contributed by atoms with Crippen LogP contribution in [0.25, 0.3) is 5.65 Å². The van der Waals surface area contributed by atoms with Gasteiger partial charge < -0.3 is 30.5 Å². The monoisotopic (exact) mass is 410 g/mol. The van der Waals surface area contributed by atoms with Gasteiger partial charge in [-0.15, -0.1) is 0 Å². The van der Waals surface area contributed by atoms with Crippen LogP contribution in [0.5, 0.6) is 11.5 Å². The molecule has 3 aromatic rings. The number of carbonyl (C=O) groups excluding carboxylic acids is 1. The van der Waals surface area contributed by atoms with E-state index in [9.17, 15) is 9.90 Å². The highest BCUT2D eigenvalue weighted by Gasteiger charge is 2.30. The van der Waals surface area contributed by atoms with E-state index in [1.807, 2.05) is 18.2 Å². The van der Waals surface area contributed by atoms with Gasteiger partial charge in [0.05, 0.1) is 18.0 Å². The number of aliphatic hydroxyl groups excluding tert-OH is 1. The number of anilines is 3. The van der Waals surface area contributed by atoms with Crippen molar-refractivity contribution in [3.05, 3.63) is 36.0 Å². The van der Waals surface area contributed by atoms with E-state index in [4.69, 9.17) is 9.47 Å². The summed E-state index contributed by atoms with van der Waals surface area (Å²) in [5.41, 5.74) is 1.51. The number of aromatic nitrogens is 3. The number of fused-ring (bicyclic) bond motifs is 2. The zero-order valence-corrected chi connectivity index (χ0v) is 16.4. The van der Waals surface area contributed by atoms with Crippen molar-refractivity contribution >= 4 is 28.9 Å². The number of hydrogen-bond donors (Lipinski definition) is 4. The highest BCUT2D eigenvalue weighted by Crippen LogP contribution is 2.38. The molecule has 156 valence electrons. The third-order valence-corrected chi connectivity index (χ3v) is 5.25. The van der Waals surface area contributed by atoms with E-state index >= 15 is 0 Å². The molecule has 2 aromatic heterocycles. The van der Waals surface area contributed by atoms with Crippen LogP contribution in [-0.2, 0) is 0 Å². The van der Waals surface area contributed by atoms with Crippen molar-refractivity contribution in [1.82, 2.24) is 19.9 Å². The highest BCUT2D eigenvalue weighted by atomic mass is 16.6. The molecule has 1 amide bonds. The molecule has 10 heteroatoms. The Kier molecular flexibility index (Phi) is 4.55. The molecule has 0 saturated heterocycles. The summed E-state index contributed by atoms with van der Waals surface area (Å²) in [4.78, 5) is 17.3. The molecule has 0 spiro atoms. The average Bonchev–Trinajstić information content (AvgIpc) is 3.16. The lowest BCUT2D eigenvalue weighted by atomic mass is 9.89. The van der Waals surface area contributed by atoms with Gasteiger partial charge in [0.2, 0.25) is 0 Å². The van der Waals surface area contributed by atoms with Crippen LogP contribution < -0.4 is 25.4 Å². The molecule has 5 rings (SSSR count). The van der Waals surface area contributed by atoms with Gasteiger partial charge in [-0.05, 0) is 25.0 Å². The first-order valence-corrected chi connectivity index (χ1v) is 9.83. The third kappa shape index (κ3) is 3.24. The Balaban J connectivity index is 1.48. The van der Waals surface area contributed by atoms with E-state index in [0.29, 0.717) is 60.4 Å². The molecule has 1 aliphatic carbocycles. The highest BCUT2D eigenvalue weighted by molar-refractivity contribution is 6.00. The lowest BCUT2D eigenvalue weighted by molar-refractivity contribution is 0.0563. The second-order valence-electron chi connectivity index (χ2n) is 7.32. The van der Waals surface area contributed by atoms with Gasteiger partial charge in [0.25, 0.3) is 5.91 Å². The minimum Gasteiger partial charge on any atom is -0.486 e. The van der Waals surface area contributed by atoms with E-state index in [2.05, 4.69) is 26.0 Å². The van der Waals surface area contributed by atoms with E-state index in [-0.39, 0.29) is 18.1 Å². The van der Waals surface area contributed by atoms with Crippen molar-refractivity contribution in [1.29, 1.82) is 0 Å². The normalized spacial score (nSPS) is 19.8. The van der Waals surface area contributed by atoms with Crippen molar-refractivity contribution in [2.24, 2.45) is 0 Å². The molecule has 4 N–H and O–H groups in total. The van der Waals surface area contributed by atoms with Crippen LogP contribution in [-0.4, -0.2) is 58.0 Å². The molecule has 30 heavy (non-hydrogen) atoms. The number of amides is 1. The quantitative estimate of drug-likeness (QED) is 0.500. The number of benzene rings is 1. The molecular weight excluding hydrogens is 388 g/mol. The Morgan fingerprint density at radius 2 is 2.10 bits per heavy atom. The minimum atomic E-state index is -0.341. The maximum atomic E-state index is 12.7. The summed E-state index contributed by atoms with van der Waals surface area (Å²) in [5, 5.41) is 23.0. The maximum absolute atomic E-state index is 12.7. The Hall–Kier alpha value is -3.53. The van der Waals surface area contributed by atoms with Gasteiger partial charge in [0.15, 0.2) is 17.1 Å². The van der Waals surface area contributed by atoms with Gasteiger partial charge in [-0.2, -0.15) is 9.61 Å². The van der Waals surface area contributed by atoms with Crippen LogP contribution in [0.4, 0.5) is 17.3 Å². The average molecular weight is 410 g/mol. The Morgan fingerprint density at radius 1 is 1.27 bits per heavy atom. The number of rotatable bonds is 5. The zero-order chi connectivity index (χ0) is 20.7. The summed E-state index contributed by atoms with van der Waals surface area (Å²) in [5.74, 6) is 2.24. The van der Waals surface area contributed by atoms with Gasteiger partial charge in [-0.1, -0.05) is 6.07 Å². The lowest BCUT2D eigenvalue weighted by Gasteiger charge is -2.31. The molecule has 1 aliphatic heterocycles. The van der Waals surface area contributed by atoms with E-state index in [1.54, 1.807) is 17.6 Å². The molecule has 1 saturated carbocycles. The van der Waals surface area contributed by atoms with Crippen LogP contribution in [0, 0.1) is 0 Å². The summed E-state index contributed by atoms with van der Waals surface area (Å²) in [7, 11) is 1.77. The first kappa shape index (κ1) is 18.5. The van der Waals surface area contributed by atoms with Crippen LogP contribution >= 0.6 is 0 Å². The van der Waals surface area contributed by atoms with Crippen LogP contribution in [0.1, 0.15) is 23.2 Å². The number of ether oxygens (including phenoxy) is 2. The third-order valence-electron chi connectivity index (χ3n) is 5.25. The fraction of sp³-hybridized carbons (Fsp3) is 0.350. The summed E-state index contributed by atoms with van der Waals surface area (Å²) in [6.07, 6.45) is 2.29. The summed E-state index contributed by atoms with van der Waals surface area (Å²) in [6, 6.07) is 7.38. The number of para-hydroxylation sites is 1. The topological polar surface area (TPSA) is 122 Å². The van der Waals surface area contributed by atoms with Gasteiger partial charge >= 0.3 is 0 Å². The van der Waals surface area contributed by atoms with Crippen molar-refractivity contribution < 1.29 is 19.4 Å². The lowest BCUT2D eigenvalue weighted by Crippen LogP contribution is -2.46. The van der Waals surface area contributed by atoms with Gasteiger partial charge in [0.1, 0.15) is 30.4 Å². The number of carbonyl (C=O) groups is 1. The molecule has 0 radical (unpaired) electrons. The first-order chi connectivity index (χ1) is 14.6. The van der Waals surface area contributed by atoms with Crippen LogP contribution in [0.2, 0.25) is 0 Å². The molecule has 0 bridgehead atoms. The van der Waals surface area contributed by atoms with Gasteiger partial charge in [0, 0.05) is 19.2 Å². The fourth-order valence-corrected chi connectivity index (χ4v) is 3.64. The summed E-state index contributed by atoms with van der Waals surface area (Å²) >= 11 is 0. The molecule has 10 nitrogen and oxygen atoms in total. The van der Waals surface area contributed by atoms with Crippen LogP contribution in [0.3, 0.4) is 0 Å². The number of hydrogen-bond acceptors (Lipinski definition) is 8. The summed E-state index contributed by atoms with van der Waals surface area (Å²) in [6.45, 7) is 0.986. The molecule has 1 aromatic carbocycles.